The van der Waals surface area contributed by atoms with Crippen LogP contribution in [0.5, 0.6) is 0 Å². The second-order valence-corrected chi connectivity index (χ2v) is 5.76. The summed E-state index contributed by atoms with van der Waals surface area (Å²) in [5.74, 6) is 0. The van der Waals surface area contributed by atoms with Crippen LogP contribution in [0.15, 0.2) is 23.5 Å². The van der Waals surface area contributed by atoms with Crippen molar-refractivity contribution in [2.45, 2.75) is 18.1 Å². The molecule has 2 rings (SSSR count). The number of nitrogens with one attached hydrogen (secondary N) is 3. The molecule has 0 radical (unpaired) electrons. The van der Waals surface area contributed by atoms with Gasteiger partial charge in [-0.2, -0.15) is 10.2 Å². The molecule has 19 heavy (non-hydrogen) atoms. The van der Waals surface area contributed by atoms with E-state index in [-0.39, 0.29) is 11.6 Å². The van der Waals surface area contributed by atoms with Crippen LogP contribution in [0, 0.1) is 0 Å². The van der Waals surface area contributed by atoms with Gasteiger partial charge in [-0.3, -0.25) is 9.78 Å². The van der Waals surface area contributed by atoms with Crippen molar-refractivity contribution in [2.24, 2.45) is 7.05 Å². The Bertz CT molecular complexity index is 645. The number of aryl methyl sites for hydroxylation is 1. The molecule has 0 bridgehead atoms. The Kier molecular flexibility index (Phi) is 3.98. The third-order valence-corrected chi connectivity index (χ3v) is 3.94. The van der Waals surface area contributed by atoms with Crippen LogP contribution in [0.4, 0.5) is 0 Å². The van der Waals surface area contributed by atoms with E-state index in [2.05, 4.69) is 25.3 Å². The van der Waals surface area contributed by atoms with Crippen molar-refractivity contribution in [2.75, 3.05) is 7.05 Å². The summed E-state index contributed by atoms with van der Waals surface area (Å²) < 4.78 is 28.4. The number of hydrogen-bond acceptors (Lipinski definition) is 5. The molecule has 0 aromatic carbocycles. The number of sulfonamides is 1. The molecule has 0 saturated carbocycles. The first kappa shape index (κ1) is 13.7. The number of hydrogen-bond donors (Lipinski definition) is 3. The van der Waals surface area contributed by atoms with E-state index in [1.807, 2.05) is 0 Å². The van der Waals surface area contributed by atoms with Crippen molar-refractivity contribution in [1.29, 1.82) is 0 Å². The topological polar surface area (TPSA) is 105 Å². The van der Waals surface area contributed by atoms with Crippen molar-refractivity contribution >= 4 is 10.0 Å². The zero-order valence-corrected chi connectivity index (χ0v) is 11.5. The van der Waals surface area contributed by atoms with E-state index in [4.69, 9.17) is 0 Å². The zero-order chi connectivity index (χ0) is 13.9. The van der Waals surface area contributed by atoms with Gasteiger partial charge in [-0.25, -0.2) is 13.1 Å². The molecule has 0 saturated heterocycles. The number of rotatable bonds is 6. The molecule has 0 spiro atoms. The molecule has 0 aliphatic rings. The van der Waals surface area contributed by atoms with Crippen LogP contribution in [0.3, 0.4) is 0 Å². The van der Waals surface area contributed by atoms with Gasteiger partial charge in [-0.15, -0.1) is 0 Å². The summed E-state index contributed by atoms with van der Waals surface area (Å²) in [6.07, 6.45) is 3.25. The maximum atomic E-state index is 12.1. The highest BCUT2D eigenvalue weighted by molar-refractivity contribution is 7.89. The minimum absolute atomic E-state index is 0.0813. The lowest BCUT2D eigenvalue weighted by Crippen LogP contribution is -2.25. The molecule has 0 fully saturated rings. The molecular weight excluding hydrogens is 268 g/mol. The molecule has 104 valence electrons. The van der Waals surface area contributed by atoms with Crippen LogP contribution in [0.2, 0.25) is 0 Å². The van der Waals surface area contributed by atoms with Gasteiger partial charge in [0.05, 0.1) is 18.4 Å². The van der Waals surface area contributed by atoms with Gasteiger partial charge in [0.25, 0.3) is 10.0 Å². The quantitative estimate of drug-likeness (QED) is 0.653. The van der Waals surface area contributed by atoms with E-state index in [1.165, 1.54) is 6.20 Å². The van der Waals surface area contributed by atoms with Crippen LogP contribution < -0.4 is 10.0 Å². The highest BCUT2D eigenvalue weighted by Gasteiger charge is 2.20. The standard InChI is InChI=1S/C10H16N6O2S/c1-11-5-8-6-12-14-10(8)19(17,18)13-7-9-3-4-16(2)15-9/h3-4,6,11,13H,5,7H2,1-2H3,(H,12,14). The molecule has 3 N–H and O–H groups in total. The fraction of sp³-hybridized carbons (Fsp3) is 0.400. The predicted octanol–water partition coefficient (Wildman–Crippen LogP) is -0.659. The molecule has 2 heterocycles. The first-order valence-corrected chi connectivity index (χ1v) is 7.16. The predicted molar refractivity (Wildman–Crippen MR) is 68.6 cm³/mol. The lowest BCUT2D eigenvalue weighted by Gasteiger charge is -2.05. The minimum Gasteiger partial charge on any atom is -0.316 e. The van der Waals surface area contributed by atoms with E-state index >= 15 is 0 Å². The molecule has 0 aliphatic carbocycles. The largest absolute Gasteiger partial charge is 0.316 e. The maximum absolute atomic E-state index is 12.1. The second kappa shape index (κ2) is 5.51. The Morgan fingerprint density at radius 2 is 2.21 bits per heavy atom. The monoisotopic (exact) mass is 284 g/mol. The first-order chi connectivity index (χ1) is 9.03. The fourth-order valence-electron chi connectivity index (χ4n) is 1.65. The Morgan fingerprint density at radius 1 is 1.42 bits per heavy atom. The van der Waals surface area contributed by atoms with Crippen molar-refractivity contribution in [1.82, 2.24) is 30.0 Å². The molecule has 8 nitrogen and oxygen atoms in total. The molecule has 9 heteroatoms. The average Bonchev–Trinajstić information content (AvgIpc) is 2.97. The summed E-state index contributed by atoms with van der Waals surface area (Å²) in [7, 11) is -0.0995. The van der Waals surface area contributed by atoms with Crippen molar-refractivity contribution < 1.29 is 8.42 Å². The number of nitrogens with zero attached hydrogens (tertiary/aromatic N) is 3. The number of aromatic nitrogens is 4. The van der Waals surface area contributed by atoms with Gasteiger partial charge < -0.3 is 5.32 Å². The van der Waals surface area contributed by atoms with Crippen LogP contribution >= 0.6 is 0 Å². The van der Waals surface area contributed by atoms with E-state index < -0.39 is 10.0 Å². The van der Waals surface area contributed by atoms with E-state index in [0.29, 0.717) is 17.8 Å². The Labute approximate surface area is 111 Å². The van der Waals surface area contributed by atoms with Crippen molar-refractivity contribution in [3.63, 3.8) is 0 Å². The van der Waals surface area contributed by atoms with Crippen LogP contribution in [-0.4, -0.2) is 35.4 Å². The SMILES string of the molecule is CNCc1cn[nH]c1S(=O)(=O)NCc1ccn(C)n1. The molecule has 0 aliphatic heterocycles. The molecule has 2 aromatic heterocycles. The molecular formula is C10H16N6O2S. The third-order valence-electron chi connectivity index (χ3n) is 2.53. The van der Waals surface area contributed by atoms with E-state index in [9.17, 15) is 8.42 Å². The van der Waals surface area contributed by atoms with Gasteiger partial charge in [-0.1, -0.05) is 0 Å². The average molecular weight is 284 g/mol. The van der Waals surface area contributed by atoms with Gasteiger partial charge >= 0.3 is 0 Å². The molecule has 2 aromatic rings. The van der Waals surface area contributed by atoms with Gasteiger partial charge in [0.15, 0.2) is 5.03 Å². The summed E-state index contributed by atoms with van der Waals surface area (Å²) >= 11 is 0. The Balaban J connectivity index is 2.11. The summed E-state index contributed by atoms with van der Waals surface area (Å²) in [5, 5.41) is 13.3. The molecule has 0 atom stereocenters. The summed E-state index contributed by atoms with van der Waals surface area (Å²) in [6.45, 7) is 0.567. The van der Waals surface area contributed by atoms with Gasteiger partial charge in [0, 0.05) is 25.4 Å². The lowest BCUT2D eigenvalue weighted by atomic mass is 10.4. The van der Waals surface area contributed by atoms with Gasteiger partial charge in [-0.05, 0) is 13.1 Å². The van der Waals surface area contributed by atoms with Crippen LogP contribution in [0.25, 0.3) is 0 Å². The Hall–Kier alpha value is -1.71. The minimum atomic E-state index is -3.62. The normalized spacial score (nSPS) is 11.9. The van der Waals surface area contributed by atoms with Gasteiger partial charge in [0.2, 0.25) is 0 Å². The highest BCUT2D eigenvalue weighted by atomic mass is 32.2. The number of aromatic amines is 1. The molecule has 0 amide bonds. The zero-order valence-electron chi connectivity index (χ0n) is 10.7. The van der Waals surface area contributed by atoms with E-state index in [0.717, 1.165) is 0 Å². The van der Waals surface area contributed by atoms with Gasteiger partial charge in [0.1, 0.15) is 0 Å². The maximum Gasteiger partial charge on any atom is 0.258 e. The smallest absolute Gasteiger partial charge is 0.258 e. The first-order valence-electron chi connectivity index (χ1n) is 5.68. The third kappa shape index (κ3) is 3.19. The second-order valence-electron chi connectivity index (χ2n) is 4.06. The molecule has 0 unspecified atom stereocenters. The van der Waals surface area contributed by atoms with Crippen LogP contribution in [0.1, 0.15) is 11.3 Å². The number of H-pyrrole nitrogens is 1. The van der Waals surface area contributed by atoms with Crippen LogP contribution in [-0.2, 0) is 30.2 Å². The summed E-state index contributed by atoms with van der Waals surface area (Å²) in [4.78, 5) is 0. The summed E-state index contributed by atoms with van der Waals surface area (Å²) in [6, 6.07) is 1.75. The fourth-order valence-corrected chi connectivity index (χ4v) is 2.77. The van der Waals surface area contributed by atoms with Crippen molar-refractivity contribution in [3.05, 3.63) is 29.7 Å². The van der Waals surface area contributed by atoms with Crippen molar-refractivity contribution in [3.8, 4) is 0 Å². The lowest BCUT2D eigenvalue weighted by molar-refractivity contribution is 0.573. The summed E-state index contributed by atoms with van der Waals surface area (Å²) in [5.41, 5.74) is 1.25. The van der Waals surface area contributed by atoms with E-state index in [1.54, 1.807) is 31.0 Å². The highest BCUT2D eigenvalue weighted by Crippen LogP contribution is 2.11. The Morgan fingerprint density at radius 3 is 2.84 bits per heavy atom.